The molecule has 0 unspecified atom stereocenters. The Labute approximate surface area is 266 Å². The molecule has 0 aliphatic heterocycles. The molecule has 216 valence electrons. The van der Waals surface area contributed by atoms with Gasteiger partial charge in [0.2, 0.25) is 0 Å². The van der Waals surface area contributed by atoms with Crippen LogP contribution in [0, 0.1) is 0 Å². The molecular weight excluding hydrogens is 565 g/mol. The van der Waals surface area contributed by atoms with E-state index >= 15 is 0 Å². The van der Waals surface area contributed by atoms with Crippen molar-refractivity contribution in [1.82, 2.24) is 9.13 Å². The topological polar surface area (TPSA) is 9.86 Å². The first-order valence-corrected chi connectivity index (χ1v) is 16.7. The zero-order valence-electron chi connectivity index (χ0n) is 25.0. The van der Waals surface area contributed by atoms with E-state index in [9.17, 15) is 0 Å². The molecule has 2 nitrogen and oxygen atoms in total. The van der Waals surface area contributed by atoms with E-state index in [2.05, 4.69) is 131 Å². The fourth-order valence-electron chi connectivity index (χ4n) is 7.49. The molecule has 3 aromatic heterocycles. The van der Waals surface area contributed by atoms with Crippen LogP contribution < -0.4 is 0 Å². The van der Waals surface area contributed by atoms with Crippen molar-refractivity contribution < 1.29 is 0 Å². The Morgan fingerprint density at radius 3 is 2.20 bits per heavy atom. The zero-order valence-corrected chi connectivity index (χ0v) is 25.9. The number of para-hydroxylation sites is 1. The molecular formula is C42H32N2S. The molecule has 0 spiro atoms. The van der Waals surface area contributed by atoms with Gasteiger partial charge in [-0.3, -0.25) is 0 Å². The molecule has 1 aliphatic rings. The maximum Gasteiger partial charge on any atom is 0.0535 e. The number of rotatable bonds is 5. The van der Waals surface area contributed by atoms with Crippen LogP contribution in [0.5, 0.6) is 0 Å². The Morgan fingerprint density at radius 2 is 1.31 bits per heavy atom. The number of hydrogen-bond donors (Lipinski definition) is 0. The minimum Gasteiger partial charge on any atom is -0.316 e. The maximum atomic E-state index is 3.78. The average Bonchev–Trinajstić information content (AvgIpc) is 3.73. The monoisotopic (exact) mass is 596 g/mol. The standard InChI is InChI=1S/C42H32N2S/c1-2-3-4-11-24-43-37-15-8-5-12-31(37)34-25-28(18-21-38(34)43)29-19-22-40-35(26-29)32-13-6-9-16-39(32)44(40)30-20-23-42-36(27-30)33-14-7-10-17-41(33)45-42/h2-5,7-8,10-12,14-15,17-27H,1,6,9,13,16H2/b4-3-,24-11-. The fraction of sp³-hybridized carbons (Fsp3) is 0.0952. The second-order valence-electron chi connectivity index (χ2n) is 12.1. The summed E-state index contributed by atoms with van der Waals surface area (Å²) >= 11 is 1.89. The zero-order chi connectivity index (χ0) is 29.9. The normalized spacial score (nSPS) is 13.8. The van der Waals surface area contributed by atoms with Crippen molar-refractivity contribution in [3.63, 3.8) is 0 Å². The van der Waals surface area contributed by atoms with Crippen LogP contribution in [0.25, 0.3) is 75.9 Å². The predicted molar refractivity (Wildman–Crippen MR) is 196 cm³/mol. The first-order chi connectivity index (χ1) is 22.3. The van der Waals surface area contributed by atoms with Gasteiger partial charge >= 0.3 is 0 Å². The average molecular weight is 597 g/mol. The molecule has 45 heavy (non-hydrogen) atoms. The van der Waals surface area contributed by atoms with Crippen molar-refractivity contribution in [2.45, 2.75) is 25.7 Å². The largest absolute Gasteiger partial charge is 0.316 e. The van der Waals surface area contributed by atoms with Crippen LogP contribution in [0.15, 0.2) is 134 Å². The van der Waals surface area contributed by atoms with Crippen LogP contribution in [0.3, 0.4) is 0 Å². The molecule has 0 fully saturated rings. The van der Waals surface area contributed by atoms with Crippen LogP contribution in [0.2, 0.25) is 0 Å². The van der Waals surface area contributed by atoms with E-state index in [1.54, 1.807) is 6.08 Å². The summed E-state index contributed by atoms with van der Waals surface area (Å²) in [5.74, 6) is 0. The van der Waals surface area contributed by atoms with Gasteiger partial charge in [0, 0.05) is 53.9 Å². The lowest BCUT2D eigenvalue weighted by Gasteiger charge is -2.16. The first kappa shape index (κ1) is 26.3. The van der Waals surface area contributed by atoms with Crippen LogP contribution in [0.1, 0.15) is 24.1 Å². The van der Waals surface area contributed by atoms with Crippen LogP contribution in [-0.4, -0.2) is 9.13 Å². The number of aryl methyl sites for hydroxylation is 1. The molecule has 0 amide bonds. The van der Waals surface area contributed by atoms with Gasteiger partial charge in [0.15, 0.2) is 0 Å². The van der Waals surface area contributed by atoms with E-state index in [-0.39, 0.29) is 0 Å². The smallest absolute Gasteiger partial charge is 0.0535 e. The maximum absolute atomic E-state index is 3.78. The second kappa shape index (κ2) is 10.5. The van der Waals surface area contributed by atoms with Crippen molar-refractivity contribution in [2.75, 3.05) is 0 Å². The molecule has 8 aromatic rings. The van der Waals surface area contributed by atoms with Gasteiger partial charge in [-0.25, -0.2) is 0 Å². The highest BCUT2D eigenvalue weighted by Gasteiger charge is 2.22. The van der Waals surface area contributed by atoms with Crippen molar-refractivity contribution in [1.29, 1.82) is 0 Å². The highest BCUT2D eigenvalue weighted by atomic mass is 32.1. The summed E-state index contributed by atoms with van der Waals surface area (Å²) < 4.78 is 7.56. The third-order valence-corrected chi connectivity index (χ3v) is 10.7. The SMILES string of the molecule is C=C/C=C\C=C/n1c2ccccc2c2cc(-c3ccc4c(c3)c3c(n4-c4ccc5sc6ccccc6c5c4)CCCC3)ccc21. The van der Waals surface area contributed by atoms with Crippen molar-refractivity contribution in [2.24, 2.45) is 0 Å². The van der Waals surface area contributed by atoms with Gasteiger partial charge in [-0.05, 0) is 103 Å². The lowest BCUT2D eigenvalue weighted by molar-refractivity contribution is 0.667. The number of nitrogens with zero attached hydrogens (tertiary/aromatic N) is 2. The van der Waals surface area contributed by atoms with E-state index in [1.165, 1.54) is 93.8 Å². The first-order valence-electron chi connectivity index (χ1n) is 15.9. The van der Waals surface area contributed by atoms with Crippen LogP contribution in [0.4, 0.5) is 0 Å². The van der Waals surface area contributed by atoms with E-state index in [1.807, 2.05) is 23.5 Å². The molecule has 0 saturated heterocycles. The fourth-order valence-corrected chi connectivity index (χ4v) is 8.58. The number of aromatic nitrogens is 2. The summed E-state index contributed by atoms with van der Waals surface area (Å²) in [5.41, 5.74) is 10.6. The molecule has 0 radical (unpaired) electrons. The Bertz CT molecular complexity index is 2510. The molecule has 0 saturated carbocycles. The van der Waals surface area contributed by atoms with Gasteiger partial charge in [-0.2, -0.15) is 0 Å². The third-order valence-electron chi connectivity index (χ3n) is 9.53. The van der Waals surface area contributed by atoms with Gasteiger partial charge in [-0.1, -0.05) is 73.3 Å². The van der Waals surface area contributed by atoms with E-state index < -0.39 is 0 Å². The van der Waals surface area contributed by atoms with Gasteiger partial charge in [-0.15, -0.1) is 11.3 Å². The van der Waals surface area contributed by atoms with E-state index in [4.69, 9.17) is 0 Å². The molecule has 1 aliphatic carbocycles. The molecule has 0 N–H and O–H groups in total. The minimum atomic E-state index is 1.13. The summed E-state index contributed by atoms with van der Waals surface area (Å²) in [6.07, 6.45) is 14.8. The quantitative estimate of drug-likeness (QED) is 0.175. The second-order valence-corrected chi connectivity index (χ2v) is 13.1. The van der Waals surface area contributed by atoms with Crippen molar-refractivity contribution in [3.8, 4) is 16.8 Å². The van der Waals surface area contributed by atoms with Gasteiger partial charge in [0.05, 0.1) is 16.6 Å². The Hall–Kier alpha value is -5.12. The molecule has 0 bridgehead atoms. The predicted octanol–water partition coefficient (Wildman–Crippen LogP) is 11.9. The van der Waals surface area contributed by atoms with Gasteiger partial charge < -0.3 is 9.13 Å². The van der Waals surface area contributed by atoms with Crippen LogP contribution in [-0.2, 0) is 12.8 Å². The van der Waals surface area contributed by atoms with E-state index in [0.717, 1.165) is 12.8 Å². The molecule has 5 aromatic carbocycles. The number of fused-ring (bicyclic) bond motifs is 9. The van der Waals surface area contributed by atoms with E-state index in [0.29, 0.717) is 0 Å². The summed E-state index contributed by atoms with van der Waals surface area (Å²) in [6, 6.07) is 38.6. The third kappa shape index (κ3) is 4.15. The highest BCUT2D eigenvalue weighted by Crippen LogP contribution is 2.40. The lowest BCUT2D eigenvalue weighted by Crippen LogP contribution is -2.06. The summed E-state index contributed by atoms with van der Waals surface area (Å²) in [7, 11) is 0. The molecule has 3 heteroatoms. The Morgan fingerprint density at radius 1 is 0.578 bits per heavy atom. The molecule has 3 heterocycles. The van der Waals surface area contributed by atoms with Gasteiger partial charge in [0.25, 0.3) is 0 Å². The van der Waals surface area contributed by atoms with Crippen molar-refractivity contribution in [3.05, 3.63) is 145 Å². The van der Waals surface area contributed by atoms with Gasteiger partial charge in [0.1, 0.15) is 0 Å². The summed E-state index contributed by atoms with van der Waals surface area (Å²) in [6.45, 7) is 3.78. The Kier molecular flexibility index (Phi) is 6.14. The number of hydrogen-bond acceptors (Lipinski definition) is 1. The lowest BCUT2D eigenvalue weighted by atomic mass is 9.94. The summed E-state index contributed by atoms with van der Waals surface area (Å²) in [5, 5.41) is 6.66. The minimum absolute atomic E-state index is 1.13. The number of benzene rings is 5. The number of allylic oxidation sites excluding steroid dienone is 4. The van der Waals surface area contributed by atoms with Crippen LogP contribution >= 0.6 is 11.3 Å². The Balaban J connectivity index is 1.20. The number of thiophene rings is 1. The molecule has 9 rings (SSSR count). The van der Waals surface area contributed by atoms with Crippen molar-refractivity contribution >= 4 is 70.4 Å². The molecule has 0 atom stereocenters. The highest BCUT2D eigenvalue weighted by molar-refractivity contribution is 7.25. The summed E-state index contributed by atoms with van der Waals surface area (Å²) in [4.78, 5) is 0.